The van der Waals surface area contributed by atoms with Crippen LogP contribution in [0.2, 0.25) is 0 Å². The van der Waals surface area contributed by atoms with Gasteiger partial charge in [0.05, 0.1) is 12.6 Å². The number of hydrogen-bond acceptors (Lipinski definition) is 5. The molecule has 1 fully saturated rings. The number of fused-ring (bicyclic) bond motifs is 1. The summed E-state index contributed by atoms with van der Waals surface area (Å²) in [7, 11) is 0. The lowest BCUT2D eigenvalue weighted by atomic mass is 10.2. The molecule has 3 rings (SSSR count). The van der Waals surface area contributed by atoms with Gasteiger partial charge in [-0.3, -0.25) is 4.40 Å². The third-order valence-corrected chi connectivity index (χ3v) is 4.37. The molecule has 0 aliphatic heterocycles. The number of halogens is 1. The Hall–Kier alpha value is -2.11. The van der Waals surface area contributed by atoms with Gasteiger partial charge in [-0.05, 0) is 44.7 Å². The summed E-state index contributed by atoms with van der Waals surface area (Å²) in [5, 5.41) is 17.8. The molecule has 0 radical (unpaired) electrons. The van der Waals surface area contributed by atoms with Crippen molar-refractivity contribution in [2.45, 2.75) is 39.3 Å². The zero-order valence-corrected chi connectivity index (χ0v) is 18.6. The summed E-state index contributed by atoms with van der Waals surface area (Å²) in [5.41, 5.74) is 0.799. The number of alkyl carbamates (subject to hydrolysis) is 1. The van der Waals surface area contributed by atoms with Crippen molar-refractivity contribution in [1.82, 2.24) is 30.5 Å². The number of nitrogens with one attached hydrogen (secondary N) is 3. The molecule has 1 aliphatic carbocycles. The standard InChI is InChI=1S/C18H27N7O2.HI/c1-3-19-17(20-11-14(13-8-9-13)22-18(26)27-4-2)21-12-16-24-23-15-7-5-6-10-25(15)16;/h5-7,10,13-14H,3-4,8-9,11-12H2,1-2H3,(H,22,26)(H2,19,20,21);1H. The average molecular weight is 501 g/mol. The summed E-state index contributed by atoms with van der Waals surface area (Å²) in [5.74, 6) is 1.94. The lowest BCUT2D eigenvalue weighted by Crippen LogP contribution is -2.48. The van der Waals surface area contributed by atoms with E-state index in [9.17, 15) is 4.79 Å². The fraction of sp³-hybridized carbons (Fsp3) is 0.556. The van der Waals surface area contributed by atoms with Crippen molar-refractivity contribution in [3.8, 4) is 0 Å². The van der Waals surface area contributed by atoms with Gasteiger partial charge in [0.2, 0.25) is 0 Å². The van der Waals surface area contributed by atoms with E-state index < -0.39 is 0 Å². The highest BCUT2D eigenvalue weighted by Gasteiger charge is 2.32. The molecule has 0 spiro atoms. The smallest absolute Gasteiger partial charge is 0.407 e. The number of carbonyl (C=O) groups is 1. The van der Waals surface area contributed by atoms with Gasteiger partial charge in [0.15, 0.2) is 17.4 Å². The van der Waals surface area contributed by atoms with Crippen LogP contribution in [0.5, 0.6) is 0 Å². The minimum absolute atomic E-state index is 0. The molecule has 10 heteroatoms. The average Bonchev–Trinajstić information content (AvgIpc) is 3.43. The highest BCUT2D eigenvalue weighted by molar-refractivity contribution is 14.0. The highest BCUT2D eigenvalue weighted by Crippen LogP contribution is 2.32. The number of pyridine rings is 1. The molecule has 2 aromatic rings. The van der Waals surface area contributed by atoms with Crippen LogP contribution >= 0.6 is 24.0 Å². The molecule has 2 heterocycles. The maximum atomic E-state index is 11.7. The second kappa shape index (κ2) is 11.0. The number of hydrogen-bond donors (Lipinski definition) is 3. The van der Waals surface area contributed by atoms with Crippen LogP contribution in [-0.4, -0.2) is 52.4 Å². The van der Waals surface area contributed by atoms with Gasteiger partial charge in [-0.25, -0.2) is 9.79 Å². The number of carbonyl (C=O) groups excluding carboxylic acids is 1. The minimum Gasteiger partial charge on any atom is -0.450 e. The van der Waals surface area contributed by atoms with Crippen molar-refractivity contribution in [3.05, 3.63) is 30.2 Å². The topological polar surface area (TPSA) is 105 Å². The molecule has 1 amide bonds. The molecule has 154 valence electrons. The van der Waals surface area contributed by atoms with E-state index in [0.717, 1.165) is 30.9 Å². The first kappa shape index (κ1) is 22.2. The number of rotatable bonds is 8. The maximum absolute atomic E-state index is 11.7. The van der Waals surface area contributed by atoms with Crippen LogP contribution in [0, 0.1) is 5.92 Å². The second-order valence-corrected chi connectivity index (χ2v) is 6.43. The lowest BCUT2D eigenvalue weighted by Gasteiger charge is -2.20. The van der Waals surface area contributed by atoms with Gasteiger partial charge < -0.3 is 20.7 Å². The van der Waals surface area contributed by atoms with Crippen molar-refractivity contribution < 1.29 is 9.53 Å². The summed E-state index contributed by atoms with van der Waals surface area (Å²) in [6.07, 6.45) is 3.80. The van der Waals surface area contributed by atoms with Gasteiger partial charge in [-0.2, -0.15) is 0 Å². The molecule has 2 aromatic heterocycles. The third kappa shape index (κ3) is 6.21. The monoisotopic (exact) mass is 501 g/mol. The van der Waals surface area contributed by atoms with Crippen LogP contribution in [0.1, 0.15) is 32.5 Å². The van der Waals surface area contributed by atoms with Gasteiger partial charge in [0, 0.05) is 19.3 Å². The fourth-order valence-corrected chi connectivity index (χ4v) is 2.86. The van der Waals surface area contributed by atoms with E-state index in [1.807, 2.05) is 35.7 Å². The minimum atomic E-state index is -0.368. The quantitative estimate of drug-likeness (QED) is 0.290. The molecule has 0 aromatic carbocycles. The zero-order valence-electron chi connectivity index (χ0n) is 16.2. The van der Waals surface area contributed by atoms with E-state index in [1.54, 1.807) is 6.92 Å². The Bertz CT molecular complexity index is 791. The number of nitrogens with zero attached hydrogens (tertiary/aromatic N) is 4. The normalized spacial score (nSPS) is 14.9. The van der Waals surface area contributed by atoms with E-state index in [1.165, 1.54) is 0 Å². The molecule has 1 saturated carbocycles. The zero-order chi connectivity index (χ0) is 19.1. The Morgan fingerprint density at radius 2 is 2.14 bits per heavy atom. The summed E-state index contributed by atoms with van der Waals surface area (Å²) in [6.45, 7) is 5.92. The third-order valence-electron chi connectivity index (χ3n) is 4.37. The van der Waals surface area contributed by atoms with Crippen LogP contribution in [0.25, 0.3) is 5.65 Å². The Morgan fingerprint density at radius 3 is 2.86 bits per heavy atom. The second-order valence-electron chi connectivity index (χ2n) is 6.43. The molecule has 28 heavy (non-hydrogen) atoms. The van der Waals surface area contributed by atoms with Gasteiger partial charge in [-0.15, -0.1) is 34.2 Å². The van der Waals surface area contributed by atoms with E-state index in [-0.39, 0.29) is 36.1 Å². The highest BCUT2D eigenvalue weighted by atomic mass is 127. The van der Waals surface area contributed by atoms with E-state index >= 15 is 0 Å². The van der Waals surface area contributed by atoms with Crippen LogP contribution in [-0.2, 0) is 11.3 Å². The Balaban J connectivity index is 0.00000280. The number of guanidine groups is 1. The van der Waals surface area contributed by atoms with Crippen LogP contribution < -0.4 is 16.0 Å². The summed E-state index contributed by atoms with van der Waals surface area (Å²) >= 11 is 0. The molecule has 1 aliphatic rings. The van der Waals surface area contributed by atoms with Crippen molar-refractivity contribution in [1.29, 1.82) is 0 Å². The first-order chi connectivity index (χ1) is 13.2. The van der Waals surface area contributed by atoms with Crippen molar-refractivity contribution in [3.63, 3.8) is 0 Å². The predicted octanol–water partition coefficient (Wildman–Crippen LogP) is 1.93. The summed E-state index contributed by atoms with van der Waals surface area (Å²) in [4.78, 5) is 16.3. The number of aromatic nitrogens is 3. The molecule has 1 unspecified atom stereocenters. The van der Waals surface area contributed by atoms with Crippen molar-refractivity contribution in [2.24, 2.45) is 10.9 Å². The van der Waals surface area contributed by atoms with E-state index in [2.05, 4.69) is 31.1 Å². The molecule has 3 N–H and O–H groups in total. The maximum Gasteiger partial charge on any atom is 0.407 e. The van der Waals surface area contributed by atoms with Crippen molar-refractivity contribution in [2.75, 3.05) is 19.7 Å². The van der Waals surface area contributed by atoms with Gasteiger partial charge in [0.25, 0.3) is 0 Å². The first-order valence-electron chi connectivity index (χ1n) is 9.45. The number of aliphatic imine (C=N–C) groups is 1. The van der Waals surface area contributed by atoms with Crippen molar-refractivity contribution >= 4 is 41.7 Å². The molecule has 1 atom stereocenters. The molecular formula is C18H28IN7O2. The summed E-state index contributed by atoms with van der Waals surface area (Å²) in [6, 6.07) is 5.80. The largest absolute Gasteiger partial charge is 0.450 e. The Morgan fingerprint density at radius 1 is 1.32 bits per heavy atom. The Labute approximate surface area is 181 Å². The summed E-state index contributed by atoms with van der Waals surface area (Å²) < 4.78 is 6.92. The fourth-order valence-electron chi connectivity index (χ4n) is 2.86. The van der Waals surface area contributed by atoms with Gasteiger partial charge >= 0.3 is 6.09 Å². The van der Waals surface area contributed by atoms with Crippen LogP contribution in [0.15, 0.2) is 29.4 Å². The van der Waals surface area contributed by atoms with E-state index in [4.69, 9.17) is 4.74 Å². The lowest BCUT2D eigenvalue weighted by molar-refractivity contribution is 0.146. The van der Waals surface area contributed by atoms with Gasteiger partial charge in [0.1, 0.15) is 6.54 Å². The Kier molecular flexibility index (Phi) is 8.74. The molecular weight excluding hydrogens is 473 g/mol. The molecule has 0 saturated heterocycles. The van der Waals surface area contributed by atoms with Gasteiger partial charge in [-0.1, -0.05) is 6.07 Å². The predicted molar refractivity (Wildman–Crippen MR) is 118 cm³/mol. The first-order valence-corrected chi connectivity index (χ1v) is 9.45. The molecule has 9 nitrogen and oxygen atoms in total. The van der Waals surface area contributed by atoms with E-state index in [0.29, 0.717) is 31.6 Å². The molecule has 0 bridgehead atoms. The number of ether oxygens (including phenoxy) is 1. The van der Waals surface area contributed by atoms with Crippen LogP contribution in [0.4, 0.5) is 4.79 Å². The SMILES string of the molecule is CCNC(=NCc1nnc2ccccn12)NCC(NC(=O)OCC)C1CC1.I. The number of amides is 1. The van der Waals surface area contributed by atoms with Crippen LogP contribution in [0.3, 0.4) is 0 Å².